The Bertz CT molecular complexity index is 497. The summed E-state index contributed by atoms with van der Waals surface area (Å²) in [5, 5.41) is 0. The third kappa shape index (κ3) is 4.14. The van der Waals surface area contributed by atoms with Crippen molar-refractivity contribution in [3.05, 3.63) is 35.9 Å². The zero-order valence-electron chi connectivity index (χ0n) is 13.1. The molecule has 0 bridgehead atoms. The molecule has 1 aliphatic rings. The van der Waals surface area contributed by atoms with Crippen LogP contribution in [0.4, 0.5) is 0 Å². The average Bonchev–Trinajstić information content (AvgIpc) is 2.47. The maximum absolute atomic E-state index is 12.2. The molecule has 0 atom stereocenters. The van der Waals surface area contributed by atoms with E-state index in [1.807, 2.05) is 56.0 Å². The van der Waals surface area contributed by atoms with Crippen LogP contribution in [0.25, 0.3) is 0 Å². The third-order valence-corrected chi connectivity index (χ3v) is 3.76. The highest BCUT2D eigenvalue weighted by molar-refractivity contribution is 5.97. The number of benzene rings is 1. The van der Waals surface area contributed by atoms with E-state index < -0.39 is 0 Å². The molecule has 21 heavy (non-hydrogen) atoms. The van der Waals surface area contributed by atoms with Gasteiger partial charge in [-0.05, 0) is 0 Å². The van der Waals surface area contributed by atoms with Crippen LogP contribution in [0.3, 0.4) is 0 Å². The van der Waals surface area contributed by atoms with Gasteiger partial charge in [0.2, 0.25) is 5.91 Å². The number of rotatable bonds is 3. The molecule has 0 saturated carbocycles. The second kappa shape index (κ2) is 6.39. The first kappa shape index (κ1) is 15.7. The molecule has 2 rings (SSSR count). The van der Waals surface area contributed by atoms with E-state index in [1.54, 1.807) is 0 Å². The number of amides is 1. The molecule has 0 aromatic heterocycles. The molecule has 1 aliphatic heterocycles. The number of ketones is 1. The molecule has 1 amide bonds. The number of carbonyl (C=O) groups is 2. The summed E-state index contributed by atoms with van der Waals surface area (Å²) in [6.45, 7) is 9.21. The summed E-state index contributed by atoms with van der Waals surface area (Å²) in [5.41, 5.74) is 0.424. The van der Waals surface area contributed by atoms with E-state index in [-0.39, 0.29) is 17.1 Å². The standard InChI is InChI=1S/C17H24N2O2/c1-17(2,3)16(21)19-11-9-18(10-12-19)13-15(20)14-7-5-4-6-8-14/h4-8H,9-13H2,1-3H3. The monoisotopic (exact) mass is 288 g/mol. The van der Waals surface area contributed by atoms with Crippen molar-refractivity contribution in [1.29, 1.82) is 0 Å². The minimum absolute atomic E-state index is 0.145. The zero-order valence-corrected chi connectivity index (χ0v) is 13.1. The van der Waals surface area contributed by atoms with Gasteiger partial charge in [0, 0.05) is 37.2 Å². The molecule has 0 radical (unpaired) electrons. The predicted molar refractivity (Wildman–Crippen MR) is 83.2 cm³/mol. The molecule has 1 heterocycles. The van der Waals surface area contributed by atoms with E-state index in [1.165, 1.54) is 0 Å². The highest BCUT2D eigenvalue weighted by Crippen LogP contribution is 2.18. The Hall–Kier alpha value is -1.68. The Balaban J connectivity index is 1.85. The first-order valence-electron chi connectivity index (χ1n) is 7.48. The normalized spacial score (nSPS) is 16.8. The summed E-state index contributed by atoms with van der Waals surface area (Å²) in [6.07, 6.45) is 0. The Morgan fingerprint density at radius 1 is 1.00 bits per heavy atom. The van der Waals surface area contributed by atoms with E-state index >= 15 is 0 Å². The summed E-state index contributed by atoms with van der Waals surface area (Å²) < 4.78 is 0. The summed E-state index contributed by atoms with van der Waals surface area (Å²) in [6, 6.07) is 9.37. The van der Waals surface area contributed by atoms with Gasteiger partial charge >= 0.3 is 0 Å². The molecule has 0 aliphatic carbocycles. The molecular formula is C17H24N2O2. The first-order valence-corrected chi connectivity index (χ1v) is 7.48. The lowest BCUT2D eigenvalue weighted by Crippen LogP contribution is -2.52. The van der Waals surface area contributed by atoms with E-state index in [4.69, 9.17) is 0 Å². The molecule has 4 nitrogen and oxygen atoms in total. The molecule has 0 spiro atoms. The molecule has 0 unspecified atom stereocenters. The van der Waals surface area contributed by atoms with Crippen LogP contribution >= 0.6 is 0 Å². The quantitative estimate of drug-likeness (QED) is 0.799. The smallest absolute Gasteiger partial charge is 0.228 e. The lowest BCUT2D eigenvalue weighted by molar-refractivity contribution is -0.141. The van der Waals surface area contributed by atoms with E-state index in [2.05, 4.69) is 4.90 Å². The van der Waals surface area contributed by atoms with Gasteiger partial charge in [-0.1, -0.05) is 51.1 Å². The molecule has 1 saturated heterocycles. The van der Waals surface area contributed by atoms with Crippen LogP contribution in [0.1, 0.15) is 31.1 Å². The van der Waals surface area contributed by atoms with Crippen molar-refractivity contribution in [3.8, 4) is 0 Å². The number of hydrogen-bond donors (Lipinski definition) is 0. The van der Waals surface area contributed by atoms with Crippen LogP contribution in [-0.2, 0) is 4.79 Å². The molecule has 1 fully saturated rings. The van der Waals surface area contributed by atoms with Gasteiger partial charge in [0.25, 0.3) is 0 Å². The molecule has 1 aromatic rings. The Morgan fingerprint density at radius 2 is 1.57 bits per heavy atom. The highest BCUT2D eigenvalue weighted by Gasteiger charge is 2.30. The number of nitrogens with zero attached hydrogens (tertiary/aromatic N) is 2. The van der Waals surface area contributed by atoms with Crippen molar-refractivity contribution < 1.29 is 9.59 Å². The largest absolute Gasteiger partial charge is 0.340 e. The molecule has 4 heteroatoms. The van der Waals surface area contributed by atoms with Crippen molar-refractivity contribution in [1.82, 2.24) is 9.80 Å². The summed E-state index contributed by atoms with van der Waals surface area (Å²) >= 11 is 0. The minimum atomic E-state index is -0.331. The van der Waals surface area contributed by atoms with Crippen molar-refractivity contribution in [3.63, 3.8) is 0 Å². The van der Waals surface area contributed by atoms with Crippen LogP contribution in [0.2, 0.25) is 0 Å². The van der Waals surface area contributed by atoms with Gasteiger partial charge in [-0.3, -0.25) is 14.5 Å². The molecule has 114 valence electrons. The van der Waals surface area contributed by atoms with E-state index in [0.717, 1.165) is 18.7 Å². The Kier molecular flexibility index (Phi) is 4.78. The number of piperazine rings is 1. The maximum Gasteiger partial charge on any atom is 0.228 e. The minimum Gasteiger partial charge on any atom is -0.340 e. The molecular weight excluding hydrogens is 264 g/mol. The van der Waals surface area contributed by atoms with Crippen LogP contribution in [0.5, 0.6) is 0 Å². The Morgan fingerprint density at radius 3 is 2.10 bits per heavy atom. The topological polar surface area (TPSA) is 40.6 Å². The number of hydrogen-bond acceptors (Lipinski definition) is 3. The average molecular weight is 288 g/mol. The fraction of sp³-hybridized carbons (Fsp3) is 0.529. The van der Waals surface area contributed by atoms with Gasteiger partial charge in [-0.15, -0.1) is 0 Å². The first-order chi connectivity index (χ1) is 9.88. The maximum atomic E-state index is 12.2. The van der Waals surface area contributed by atoms with Gasteiger partial charge in [0.15, 0.2) is 5.78 Å². The van der Waals surface area contributed by atoms with E-state index in [0.29, 0.717) is 19.6 Å². The second-order valence-electron chi connectivity index (χ2n) is 6.61. The van der Waals surface area contributed by atoms with Crippen LogP contribution < -0.4 is 0 Å². The van der Waals surface area contributed by atoms with Crippen LogP contribution in [-0.4, -0.2) is 54.2 Å². The van der Waals surface area contributed by atoms with Gasteiger partial charge in [-0.25, -0.2) is 0 Å². The second-order valence-corrected chi connectivity index (χ2v) is 6.61. The predicted octanol–water partition coefficient (Wildman–Crippen LogP) is 2.06. The lowest BCUT2D eigenvalue weighted by atomic mass is 9.94. The number of Topliss-reactive ketones (excluding diaryl/α,β-unsaturated/α-hetero) is 1. The van der Waals surface area contributed by atoms with Crippen molar-refractivity contribution in [2.75, 3.05) is 32.7 Å². The van der Waals surface area contributed by atoms with Gasteiger partial charge in [0.1, 0.15) is 0 Å². The van der Waals surface area contributed by atoms with Gasteiger partial charge < -0.3 is 4.90 Å². The van der Waals surface area contributed by atoms with Crippen LogP contribution in [0.15, 0.2) is 30.3 Å². The summed E-state index contributed by atoms with van der Waals surface area (Å²) in [7, 11) is 0. The zero-order chi connectivity index (χ0) is 15.5. The SMILES string of the molecule is CC(C)(C)C(=O)N1CCN(CC(=O)c2ccccc2)CC1. The summed E-state index contributed by atoms with van der Waals surface area (Å²) in [5.74, 6) is 0.336. The Labute approximate surface area is 126 Å². The molecule has 1 aromatic carbocycles. The van der Waals surface area contributed by atoms with Crippen LogP contribution in [0, 0.1) is 5.41 Å². The third-order valence-electron chi connectivity index (χ3n) is 3.76. The van der Waals surface area contributed by atoms with Crippen molar-refractivity contribution >= 4 is 11.7 Å². The molecule has 0 N–H and O–H groups in total. The number of carbonyl (C=O) groups excluding carboxylic acids is 2. The lowest BCUT2D eigenvalue weighted by Gasteiger charge is -2.37. The van der Waals surface area contributed by atoms with Crippen molar-refractivity contribution in [2.24, 2.45) is 5.41 Å². The fourth-order valence-corrected chi connectivity index (χ4v) is 2.50. The van der Waals surface area contributed by atoms with Gasteiger partial charge in [-0.2, -0.15) is 0 Å². The fourth-order valence-electron chi connectivity index (χ4n) is 2.50. The van der Waals surface area contributed by atoms with Gasteiger partial charge in [0.05, 0.1) is 6.54 Å². The van der Waals surface area contributed by atoms with Crippen molar-refractivity contribution in [2.45, 2.75) is 20.8 Å². The summed E-state index contributed by atoms with van der Waals surface area (Å²) in [4.78, 5) is 28.4. The van der Waals surface area contributed by atoms with E-state index in [9.17, 15) is 9.59 Å². The highest BCUT2D eigenvalue weighted by atomic mass is 16.2.